The number of hydrogen-bond donors (Lipinski definition) is 1. The number of anilines is 1. The second kappa shape index (κ2) is 5.56. The highest BCUT2D eigenvalue weighted by atomic mass is 16.6. The van der Waals surface area contributed by atoms with Crippen molar-refractivity contribution in [2.75, 3.05) is 5.32 Å². The van der Waals surface area contributed by atoms with E-state index >= 15 is 0 Å². The molecule has 2 rings (SSSR count). The Morgan fingerprint density at radius 3 is 2.74 bits per heavy atom. The van der Waals surface area contributed by atoms with Gasteiger partial charge in [0.2, 0.25) is 0 Å². The molecule has 1 aromatic heterocycles. The summed E-state index contributed by atoms with van der Waals surface area (Å²) in [4.78, 5) is 10.6. The van der Waals surface area contributed by atoms with Crippen molar-refractivity contribution in [2.24, 2.45) is 0 Å². The fraction of sp³-hybridized carbons (Fsp3) is 0.286. The zero-order valence-corrected chi connectivity index (χ0v) is 10.9. The number of benzene rings is 1. The van der Waals surface area contributed by atoms with Crippen LogP contribution in [0.15, 0.2) is 41.0 Å². The Hall–Kier alpha value is -2.30. The van der Waals surface area contributed by atoms with Gasteiger partial charge >= 0.3 is 0 Å². The molecule has 0 spiro atoms. The van der Waals surface area contributed by atoms with Crippen molar-refractivity contribution in [1.29, 1.82) is 0 Å². The minimum absolute atomic E-state index is 0.0796. The van der Waals surface area contributed by atoms with Crippen LogP contribution in [0, 0.1) is 10.1 Å². The Morgan fingerprint density at radius 2 is 2.16 bits per heavy atom. The molecular formula is C14H16N2O3. The lowest BCUT2D eigenvalue weighted by Gasteiger charge is -2.10. The molecule has 0 saturated heterocycles. The van der Waals surface area contributed by atoms with Crippen molar-refractivity contribution in [3.63, 3.8) is 0 Å². The first kappa shape index (κ1) is 13.1. The number of nitro benzene ring substituents is 1. The van der Waals surface area contributed by atoms with Crippen LogP contribution in [-0.2, 0) is 6.54 Å². The molecule has 0 saturated carbocycles. The fourth-order valence-electron chi connectivity index (χ4n) is 1.81. The van der Waals surface area contributed by atoms with Crippen molar-refractivity contribution in [3.05, 3.63) is 58.0 Å². The monoisotopic (exact) mass is 260 g/mol. The molecule has 0 unspecified atom stereocenters. The van der Waals surface area contributed by atoms with Gasteiger partial charge in [-0.2, -0.15) is 0 Å². The van der Waals surface area contributed by atoms with Crippen LogP contribution in [0.2, 0.25) is 0 Å². The first-order valence-electron chi connectivity index (χ1n) is 6.12. The smallest absolute Gasteiger partial charge is 0.292 e. The zero-order chi connectivity index (χ0) is 13.8. The van der Waals surface area contributed by atoms with Crippen molar-refractivity contribution in [1.82, 2.24) is 0 Å². The van der Waals surface area contributed by atoms with Crippen LogP contribution < -0.4 is 5.32 Å². The molecular weight excluding hydrogens is 244 g/mol. The summed E-state index contributed by atoms with van der Waals surface area (Å²) in [5.41, 5.74) is 1.66. The molecule has 0 atom stereocenters. The summed E-state index contributed by atoms with van der Waals surface area (Å²) in [6, 6.07) is 8.77. The van der Waals surface area contributed by atoms with E-state index in [1.807, 2.05) is 12.1 Å². The predicted molar refractivity (Wildman–Crippen MR) is 73.2 cm³/mol. The molecule has 1 aromatic carbocycles. The SMILES string of the molecule is CC(C)c1ccc([N+](=O)[O-])c(NCc2ccco2)c1. The molecule has 1 heterocycles. The largest absolute Gasteiger partial charge is 0.467 e. The third kappa shape index (κ3) is 3.13. The topological polar surface area (TPSA) is 68.3 Å². The van der Waals surface area contributed by atoms with Crippen LogP contribution in [0.25, 0.3) is 0 Å². The summed E-state index contributed by atoms with van der Waals surface area (Å²) in [6.07, 6.45) is 1.58. The number of hydrogen-bond acceptors (Lipinski definition) is 4. The summed E-state index contributed by atoms with van der Waals surface area (Å²) in [6.45, 7) is 4.53. The average Bonchev–Trinajstić information content (AvgIpc) is 2.88. The Labute approximate surface area is 111 Å². The predicted octanol–water partition coefficient (Wildman–Crippen LogP) is 3.92. The minimum atomic E-state index is -0.380. The molecule has 19 heavy (non-hydrogen) atoms. The van der Waals surface area contributed by atoms with E-state index in [-0.39, 0.29) is 10.6 Å². The molecule has 0 radical (unpaired) electrons. The lowest BCUT2D eigenvalue weighted by Crippen LogP contribution is -2.03. The number of rotatable bonds is 5. The molecule has 5 nitrogen and oxygen atoms in total. The maximum atomic E-state index is 11.0. The van der Waals surface area contributed by atoms with E-state index in [2.05, 4.69) is 19.2 Å². The van der Waals surface area contributed by atoms with Gasteiger partial charge in [-0.1, -0.05) is 19.9 Å². The molecule has 0 bridgehead atoms. The Balaban J connectivity index is 2.24. The first-order valence-corrected chi connectivity index (χ1v) is 6.12. The summed E-state index contributed by atoms with van der Waals surface area (Å²) >= 11 is 0. The van der Waals surface area contributed by atoms with Gasteiger partial charge < -0.3 is 9.73 Å². The van der Waals surface area contributed by atoms with Crippen LogP contribution in [0.5, 0.6) is 0 Å². The molecule has 0 fully saturated rings. The number of nitrogens with one attached hydrogen (secondary N) is 1. The van der Waals surface area contributed by atoms with E-state index < -0.39 is 0 Å². The van der Waals surface area contributed by atoms with Gasteiger partial charge in [0, 0.05) is 6.07 Å². The van der Waals surface area contributed by atoms with E-state index in [0.29, 0.717) is 18.2 Å². The van der Waals surface area contributed by atoms with E-state index in [1.54, 1.807) is 24.5 Å². The fourth-order valence-corrected chi connectivity index (χ4v) is 1.81. The zero-order valence-electron chi connectivity index (χ0n) is 10.9. The van der Waals surface area contributed by atoms with E-state index in [1.165, 1.54) is 0 Å². The quantitative estimate of drug-likeness (QED) is 0.653. The van der Waals surface area contributed by atoms with Crippen LogP contribution in [0.1, 0.15) is 31.1 Å². The highest BCUT2D eigenvalue weighted by molar-refractivity contribution is 5.63. The van der Waals surface area contributed by atoms with Gasteiger partial charge in [0.1, 0.15) is 11.4 Å². The van der Waals surface area contributed by atoms with E-state index in [4.69, 9.17) is 4.42 Å². The van der Waals surface area contributed by atoms with Crippen LogP contribution in [-0.4, -0.2) is 4.92 Å². The Kier molecular flexibility index (Phi) is 3.85. The van der Waals surface area contributed by atoms with Gasteiger partial charge in [0.25, 0.3) is 5.69 Å². The minimum Gasteiger partial charge on any atom is -0.467 e. The molecule has 5 heteroatoms. The summed E-state index contributed by atoms with van der Waals surface area (Å²) in [5.74, 6) is 1.06. The third-order valence-corrected chi connectivity index (χ3v) is 2.92. The number of nitrogens with zero attached hydrogens (tertiary/aromatic N) is 1. The lowest BCUT2D eigenvalue weighted by molar-refractivity contribution is -0.384. The van der Waals surface area contributed by atoms with Gasteiger partial charge in [-0.25, -0.2) is 0 Å². The number of furan rings is 1. The maximum Gasteiger partial charge on any atom is 0.292 e. The standard InChI is InChI=1S/C14H16N2O3/c1-10(2)11-5-6-14(16(17)18)13(8-11)15-9-12-4-3-7-19-12/h3-8,10,15H,9H2,1-2H3. The van der Waals surface area contributed by atoms with E-state index in [9.17, 15) is 10.1 Å². The first-order chi connectivity index (χ1) is 9.08. The molecule has 100 valence electrons. The van der Waals surface area contributed by atoms with E-state index in [0.717, 1.165) is 11.3 Å². The highest BCUT2D eigenvalue weighted by Gasteiger charge is 2.15. The molecule has 0 aliphatic carbocycles. The highest BCUT2D eigenvalue weighted by Crippen LogP contribution is 2.29. The van der Waals surface area contributed by atoms with Crippen LogP contribution in [0.4, 0.5) is 11.4 Å². The number of nitro groups is 1. The van der Waals surface area contributed by atoms with Crippen LogP contribution in [0.3, 0.4) is 0 Å². The van der Waals surface area contributed by atoms with Crippen molar-refractivity contribution < 1.29 is 9.34 Å². The lowest BCUT2D eigenvalue weighted by atomic mass is 10.0. The van der Waals surface area contributed by atoms with Gasteiger partial charge in [-0.15, -0.1) is 0 Å². The van der Waals surface area contributed by atoms with Crippen molar-refractivity contribution in [2.45, 2.75) is 26.3 Å². The Bertz CT molecular complexity index is 562. The molecule has 0 amide bonds. The average molecular weight is 260 g/mol. The molecule has 0 aliphatic rings. The van der Waals surface area contributed by atoms with Crippen molar-refractivity contribution >= 4 is 11.4 Å². The van der Waals surface area contributed by atoms with Crippen molar-refractivity contribution in [3.8, 4) is 0 Å². The molecule has 1 N–H and O–H groups in total. The molecule has 0 aliphatic heterocycles. The molecule has 2 aromatic rings. The normalized spacial score (nSPS) is 10.7. The Morgan fingerprint density at radius 1 is 1.37 bits per heavy atom. The van der Waals surface area contributed by atoms with Gasteiger partial charge in [0.05, 0.1) is 17.7 Å². The maximum absolute atomic E-state index is 11.0. The van der Waals surface area contributed by atoms with Crippen LogP contribution >= 0.6 is 0 Å². The summed E-state index contributed by atoms with van der Waals surface area (Å²) in [5, 5.41) is 14.1. The van der Waals surface area contributed by atoms with Gasteiger partial charge in [0.15, 0.2) is 0 Å². The summed E-state index contributed by atoms with van der Waals surface area (Å²) in [7, 11) is 0. The second-order valence-electron chi connectivity index (χ2n) is 4.62. The third-order valence-electron chi connectivity index (χ3n) is 2.92. The van der Waals surface area contributed by atoms with Gasteiger partial charge in [-0.3, -0.25) is 10.1 Å². The second-order valence-corrected chi connectivity index (χ2v) is 4.62. The summed E-state index contributed by atoms with van der Waals surface area (Å²) < 4.78 is 5.20. The van der Waals surface area contributed by atoms with Gasteiger partial charge in [-0.05, 0) is 29.7 Å².